The summed E-state index contributed by atoms with van der Waals surface area (Å²) < 4.78 is 7.77. The van der Waals surface area contributed by atoms with E-state index >= 15 is 0 Å². The second kappa shape index (κ2) is 10.0. The second-order valence-electron chi connectivity index (χ2n) is 10.4. The number of hydrogen-bond donors (Lipinski definition) is 1. The molecule has 2 aromatic heterocycles. The number of ether oxygens (including phenoxy) is 1. The molecule has 3 aliphatic heterocycles. The molecular formula is C27H31ClN6O2S. The summed E-state index contributed by atoms with van der Waals surface area (Å²) in [6.45, 7) is 5.49. The van der Waals surface area contributed by atoms with Crippen molar-refractivity contribution in [1.29, 1.82) is 0 Å². The Morgan fingerprint density at radius 1 is 1.24 bits per heavy atom. The smallest absolute Gasteiger partial charge is 0.187 e. The van der Waals surface area contributed by atoms with E-state index in [0.717, 1.165) is 78.9 Å². The lowest BCUT2D eigenvalue weighted by atomic mass is 9.73. The average Bonchev–Trinajstić information content (AvgIpc) is 3.59. The average molecular weight is 539 g/mol. The van der Waals surface area contributed by atoms with Gasteiger partial charge in [-0.05, 0) is 50.3 Å². The largest absolute Gasteiger partial charge is 0.376 e. The summed E-state index contributed by atoms with van der Waals surface area (Å²) in [4.78, 5) is 25.3. The summed E-state index contributed by atoms with van der Waals surface area (Å²) in [5, 5.41) is 5.80. The highest BCUT2D eigenvalue weighted by atomic mass is 35.5. The van der Waals surface area contributed by atoms with Crippen molar-refractivity contribution in [3.8, 4) is 0 Å². The van der Waals surface area contributed by atoms with Crippen LogP contribution in [-0.4, -0.2) is 57.4 Å². The zero-order chi connectivity index (χ0) is 25.6. The third-order valence-electron chi connectivity index (χ3n) is 8.10. The number of fused-ring (bicyclic) bond motifs is 1. The zero-order valence-electron chi connectivity index (χ0n) is 20.9. The summed E-state index contributed by atoms with van der Waals surface area (Å²) >= 11 is 8.18. The number of benzene rings is 1. The molecule has 0 bridgehead atoms. The molecule has 1 aromatic carbocycles. The van der Waals surface area contributed by atoms with Crippen LogP contribution in [0.1, 0.15) is 47.9 Å². The molecule has 0 aliphatic carbocycles. The van der Waals surface area contributed by atoms with E-state index in [9.17, 15) is 4.79 Å². The summed E-state index contributed by atoms with van der Waals surface area (Å²) in [7, 11) is 0. The molecule has 2 fully saturated rings. The van der Waals surface area contributed by atoms with Gasteiger partial charge in [-0.3, -0.25) is 9.48 Å². The fourth-order valence-corrected chi connectivity index (χ4v) is 6.84. The number of hydrogen-bond acceptors (Lipinski definition) is 8. The number of aromatic nitrogens is 4. The van der Waals surface area contributed by atoms with Crippen molar-refractivity contribution in [1.82, 2.24) is 19.7 Å². The van der Waals surface area contributed by atoms with Crippen molar-refractivity contribution < 1.29 is 9.53 Å². The first kappa shape index (κ1) is 24.9. The molecule has 37 heavy (non-hydrogen) atoms. The molecule has 2 N–H and O–H groups in total. The van der Waals surface area contributed by atoms with Crippen LogP contribution < -0.4 is 10.6 Å². The Balaban J connectivity index is 1.09. The number of anilines is 1. The SMILES string of the molecule is C[C@@H]1OCC2(CCN(c3cnc(Sc4cccc(CC(=O)c5cc6n(n5)CCC6)c4Cl)cn3)CC2)[C@@H]1N. The summed E-state index contributed by atoms with van der Waals surface area (Å²) in [5.74, 6) is 0.857. The molecule has 8 nitrogen and oxygen atoms in total. The first-order valence-electron chi connectivity index (χ1n) is 12.9. The number of nitrogens with two attached hydrogens (primary N) is 1. The van der Waals surface area contributed by atoms with Crippen LogP contribution in [0.3, 0.4) is 0 Å². The normalized spacial score (nSPS) is 22.5. The van der Waals surface area contributed by atoms with Crippen LogP contribution >= 0.6 is 23.4 Å². The topological polar surface area (TPSA) is 99.2 Å². The monoisotopic (exact) mass is 538 g/mol. The van der Waals surface area contributed by atoms with Gasteiger partial charge in [0, 0.05) is 48.1 Å². The number of rotatable bonds is 6. The van der Waals surface area contributed by atoms with Crippen molar-refractivity contribution in [3.05, 3.63) is 58.6 Å². The van der Waals surface area contributed by atoms with E-state index in [1.54, 1.807) is 6.20 Å². The Bertz CT molecular complexity index is 1280. The molecule has 5 heterocycles. The highest BCUT2D eigenvalue weighted by molar-refractivity contribution is 7.99. The molecule has 2 atom stereocenters. The maximum Gasteiger partial charge on any atom is 0.187 e. The van der Waals surface area contributed by atoms with Gasteiger partial charge in [0.1, 0.15) is 16.5 Å². The van der Waals surface area contributed by atoms with Crippen LogP contribution in [0.5, 0.6) is 0 Å². The van der Waals surface area contributed by atoms with Crippen LogP contribution in [0.4, 0.5) is 5.82 Å². The van der Waals surface area contributed by atoms with Crippen LogP contribution in [0.15, 0.2) is 46.6 Å². The van der Waals surface area contributed by atoms with Gasteiger partial charge in [-0.15, -0.1) is 0 Å². The van der Waals surface area contributed by atoms with Gasteiger partial charge < -0.3 is 15.4 Å². The van der Waals surface area contributed by atoms with Crippen molar-refractivity contribution in [2.75, 3.05) is 24.6 Å². The number of nitrogens with zero attached hydrogens (tertiary/aromatic N) is 5. The molecule has 3 aromatic rings. The zero-order valence-corrected chi connectivity index (χ0v) is 22.5. The number of aryl methyl sites for hydroxylation is 2. The Labute approximate surface area is 225 Å². The van der Waals surface area contributed by atoms with E-state index in [-0.39, 0.29) is 29.8 Å². The molecule has 10 heteroatoms. The molecule has 0 amide bonds. The first-order valence-corrected chi connectivity index (χ1v) is 14.1. The molecule has 2 saturated heterocycles. The quantitative estimate of drug-likeness (QED) is 0.467. The minimum absolute atomic E-state index is 0.0158. The van der Waals surface area contributed by atoms with E-state index in [4.69, 9.17) is 22.1 Å². The molecule has 0 radical (unpaired) electrons. The minimum Gasteiger partial charge on any atom is -0.376 e. The molecule has 194 valence electrons. The first-order chi connectivity index (χ1) is 17.9. The maximum atomic E-state index is 12.9. The predicted octanol–water partition coefficient (Wildman–Crippen LogP) is 4.18. The highest BCUT2D eigenvalue weighted by Gasteiger charge is 2.47. The predicted molar refractivity (Wildman–Crippen MR) is 143 cm³/mol. The van der Waals surface area contributed by atoms with E-state index in [0.29, 0.717) is 10.7 Å². The number of carbonyl (C=O) groups is 1. The van der Waals surface area contributed by atoms with E-state index in [1.165, 1.54) is 11.8 Å². The minimum atomic E-state index is -0.0158. The fraction of sp³-hybridized carbons (Fsp3) is 0.481. The second-order valence-corrected chi connectivity index (χ2v) is 11.8. The summed E-state index contributed by atoms with van der Waals surface area (Å²) in [6, 6.07) is 7.77. The molecular weight excluding hydrogens is 508 g/mol. The van der Waals surface area contributed by atoms with E-state index < -0.39 is 0 Å². The Kier molecular flexibility index (Phi) is 6.73. The van der Waals surface area contributed by atoms with Gasteiger partial charge in [0.15, 0.2) is 5.78 Å². The lowest BCUT2D eigenvalue weighted by Gasteiger charge is -2.41. The van der Waals surface area contributed by atoms with Gasteiger partial charge >= 0.3 is 0 Å². The lowest BCUT2D eigenvalue weighted by molar-refractivity contribution is 0.0973. The maximum absolute atomic E-state index is 12.9. The molecule has 0 saturated carbocycles. The van der Waals surface area contributed by atoms with E-state index in [1.807, 2.05) is 35.1 Å². The van der Waals surface area contributed by atoms with Gasteiger partial charge in [0.05, 0.1) is 30.1 Å². The van der Waals surface area contributed by atoms with Crippen molar-refractivity contribution in [2.24, 2.45) is 11.1 Å². The van der Waals surface area contributed by atoms with Crippen molar-refractivity contribution in [2.45, 2.75) is 67.6 Å². The van der Waals surface area contributed by atoms with E-state index in [2.05, 4.69) is 26.9 Å². The van der Waals surface area contributed by atoms with Crippen LogP contribution in [0.25, 0.3) is 0 Å². The third kappa shape index (κ3) is 4.78. The van der Waals surface area contributed by atoms with Crippen LogP contribution in [0, 0.1) is 5.41 Å². The molecule has 3 aliphatic rings. The fourth-order valence-electron chi connectivity index (χ4n) is 5.72. The Hall–Kier alpha value is -2.46. The Morgan fingerprint density at radius 3 is 2.78 bits per heavy atom. The Morgan fingerprint density at radius 2 is 2.08 bits per heavy atom. The lowest BCUT2D eigenvalue weighted by Crippen LogP contribution is -2.50. The van der Waals surface area contributed by atoms with Gasteiger partial charge in [-0.1, -0.05) is 35.5 Å². The van der Waals surface area contributed by atoms with Gasteiger partial charge in [-0.2, -0.15) is 5.10 Å². The van der Waals surface area contributed by atoms with Gasteiger partial charge in [-0.25, -0.2) is 9.97 Å². The molecule has 1 spiro atoms. The van der Waals surface area contributed by atoms with Gasteiger partial charge in [0.2, 0.25) is 0 Å². The summed E-state index contributed by atoms with van der Waals surface area (Å²) in [6.07, 6.45) is 8.03. The number of ketones is 1. The molecule has 6 rings (SSSR count). The van der Waals surface area contributed by atoms with Crippen molar-refractivity contribution >= 4 is 35.0 Å². The van der Waals surface area contributed by atoms with Crippen LogP contribution in [0.2, 0.25) is 5.02 Å². The molecule has 0 unspecified atom stereocenters. The van der Waals surface area contributed by atoms with Crippen molar-refractivity contribution in [3.63, 3.8) is 0 Å². The number of piperidine rings is 1. The number of carbonyl (C=O) groups excluding carboxylic acids is 1. The van der Waals surface area contributed by atoms with Crippen LogP contribution in [-0.2, 0) is 24.1 Å². The third-order valence-corrected chi connectivity index (χ3v) is 9.64. The standard InChI is InChI=1S/C27H31ClN6O2S/c1-17-26(29)27(16-36-17)7-10-33(11-8-27)23-14-31-24(15-30-23)37-22-6-2-4-18(25(22)28)12-21(35)20-13-19-5-3-9-34(19)32-20/h2,4,6,13-15,17,26H,3,5,7-12,16,29H2,1H3/t17-,26+/m0/s1. The number of Topliss-reactive ketones (excluding diaryl/α,β-unsaturated/α-hetero) is 1. The summed E-state index contributed by atoms with van der Waals surface area (Å²) in [5.41, 5.74) is 8.98. The highest BCUT2D eigenvalue weighted by Crippen LogP contribution is 2.42. The number of halogens is 1. The van der Waals surface area contributed by atoms with Gasteiger partial charge in [0.25, 0.3) is 0 Å².